The summed E-state index contributed by atoms with van der Waals surface area (Å²) in [5.41, 5.74) is 3.68. The zero-order valence-corrected chi connectivity index (χ0v) is 17.5. The Bertz CT molecular complexity index is 987. The number of aliphatic hydroxyl groups is 1. The number of rotatable bonds is 9. The van der Waals surface area contributed by atoms with Gasteiger partial charge in [-0.05, 0) is 35.1 Å². The molecule has 8 nitrogen and oxygen atoms in total. The van der Waals surface area contributed by atoms with Gasteiger partial charge in [0.2, 0.25) is 5.91 Å². The Kier molecular flexibility index (Phi) is 6.14. The summed E-state index contributed by atoms with van der Waals surface area (Å²) in [6.45, 7) is -0.0974. The molecule has 0 aliphatic heterocycles. The van der Waals surface area contributed by atoms with E-state index in [1.54, 1.807) is 0 Å². The third-order valence-electron chi connectivity index (χ3n) is 6.27. The Hall–Kier alpha value is -3.39. The number of carboxylic acid groups (broad SMARTS) is 1. The van der Waals surface area contributed by atoms with Crippen LogP contribution in [0.1, 0.15) is 36.3 Å². The normalized spacial score (nSPS) is 16.4. The first-order valence-electron chi connectivity index (χ1n) is 10.7. The molecule has 0 heterocycles. The van der Waals surface area contributed by atoms with Crippen molar-refractivity contribution in [2.75, 3.05) is 19.8 Å². The summed E-state index contributed by atoms with van der Waals surface area (Å²) in [6.07, 6.45) is 0.412. The van der Waals surface area contributed by atoms with Gasteiger partial charge in [-0.3, -0.25) is 4.79 Å². The Morgan fingerprint density at radius 3 is 2.16 bits per heavy atom. The molecule has 168 valence electrons. The number of hydrogen-bond acceptors (Lipinski definition) is 5. The van der Waals surface area contributed by atoms with Gasteiger partial charge in [-0.1, -0.05) is 48.5 Å². The fourth-order valence-electron chi connectivity index (χ4n) is 4.22. The predicted molar refractivity (Wildman–Crippen MR) is 116 cm³/mol. The van der Waals surface area contributed by atoms with E-state index in [1.165, 1.54) is 0 Å². The number of amides is 2. The van der Waals surface area contributed by atoms with Crippen LogP contribution >= 0.6 is 0 Å². The minimum Gasteiger partial charge on any atom is -0.480 e. The largest absolute Gasteiger partial charge is 0.480 e. The van der Waals surface area contributed by atoms with Crippen molar-refractivity contribution in [1.29, 1.82) is 0 Å². The number of benzene rings is 2. The van der Waals surface area contributed by atoms with Gasteiger partial charge in [-0.2, -0.15) is 0 Å². The third-order valence-corrected chi connectivity index (χ3v) is 6.27. The van der Waals surface area contributed by atoms with Crippen molar-refractivity contribution in [3.63, 3.8) is 0 Å². The van der Waals surface area contributed by atoms with Gasteiger partial charge < -0.3 is 25.6 Å². The van der Waals surface area contributed by atoms with E-state index in [2.05, 4.69) is 22.8 Å². The number of nitrogens with one attached hydrogen (secondary N) is 2. The number of fused-ring (bicyclic) bond motifs is 3. The third kappa shape index (κ3) is 4.31. The maximum Gasteiger partial charge on any atom is 0.407 e. The van der Waals surface area contributed by atoms with Gasteiger partial charge in [0.05, 0.1) is 5.41 Å². The summed E-state index contributed by atoms with van der Waals surface area (Å²) in [6, 6.07) is 15.0. The highest BCUT2D eigenvalue weighted by atomic mass is 16.5. The number of hydrogen-bond donors (Lipinski definition) is 4. The number of carboxylic acids is 1. The summed E-state index contributed by atoms with van der Waals surface area (Å²) < 4.78 is 5.49. The first-order chi connectivity index (χ1) is 15.4. The summed E-state index contributed by atoms with van der Waals surface area (Å²) in [7, 11) is 0. The lowest BCUT2D eigenvalue weighted by atomic mass is 9.98. The van der Waals surface area contributed by atoms with Crippen LogP contribution in [-0.4, -0.2) is 54.0 Å². The molecule has 8 heteroatoms. The van der Waals surface area contributed by atoms with Crippen LogP contribution in [-0.2, 0) is 14.3 Å². The lowest BCUT2D eigenvalue weighted by Crippen LogP contribution is -2.47. The van der Waals surface area contributed by atoms with E-state index in [4.69, 9.17) is 14.9 Å². The molecule has 0 radical (unpaired) electrons. The Morgan fingerprint density at radius 2 is 1.62 bits per heavy atom. The van der Waals surface area contributed by atoms with Crippen LogP contribution in [0.5, 0.6) is 0 Å². The molecule has 32 heavy (non-hydrogen) atoms. The van der Waals surface area contributed by atoms with Crippen LogP contribution in [0, 0.1) is 5.41 Å². The molecular formula is C24H26N2O6. The van der Waals surface area contributed by atoms with Gasteiger partial charge in [0.25, 0.3) is 0 Å². The predicted octanol–water partition coefficient (Wildman–Crippen LogP) is 2.26. The first-order valence-corrected chi connectivity index (χ1v) is 10.7. The van der Waals surface area contributed by atoms with Gasteiger partial charge in [0.15, 0.2) is 0 Å². The van der Waals surface area contributed by atoms with E-state index in [9.17, 15) is 14.4 Å². The topological polar surface area (TPSA) is 125 Å². The molecule has 1 unspecified atom stereocenters. The van der Waals surface area contributed by atoms with Crippen molar-refractivity contribution < 1.29 is 29.3 Å². The van der Waals surface area contributed by atoms with Crippen LogP contribution in [0.25, 0.3) is 11.1 Å². The van der Waals surface area contributed by atoms with Crippen molar-refractivity contribution in [1.82, 2.24) is 10.6 Å². The van der Waals surface area contributed by atoms with E-state index in [1.807, 2.05) is 36.4 Å². The molecule has 4 rings (SSSR count). The average molecular weight is 438 g/mol. The fraction of sp³-hybridized carbons (Fsp3) is 0.375. The molecule has 2 aliphatic carbocycles. The van der Waals surface area contributed by atoms with Crippen molar-refractivity contribution >= 4 is 18.0 Å². The standard InChI is InChI=1S/C24H26N2O6/c27-12-9-20(21(28)29)26-22(30)24(10-11-24)14-25-23(31)32-13-19-17-7-3-1-5-15(17)16-6-2-4-8-18(16)19/h1-8,19-20,27H,9-14H2,(H,25,31)(H,26,30)(H,28,29). The number of aliphatic carboxylic acids is 1. The van der Waals surface area contributed by atoms with E-state index in [0.717, 1.165) is 22.3 Å². The van der Waals surface area contributed by atoms with E-state index >= 15 is 0 Å². The summed E-state index contributed by atoms with van der Waals surface area (Å²) in [5, 5.41) is 23.2. The van der Waals surface area contributed by atoms with Crippen molar-refractivity contribution in [3.8, 4) is 11.1 Å². The molecule has 0 bridgehead atoms. The number of aliphatic hydroxyl groups excluding tert-OH is 1. The summed E-state index contributed by atoms with van der Waals surface area (Å²) in [5.74, 6) is -1.69. The zero-order valence-electron chi connectivity index (χ0n) is 17.5. The molecule has 2 amide bonds. The zero-order chi connectivity index (χ0) is 22.7. The SMILES string of the molecule is O=C(NCC1(C(=O)NC(CCO)C(=O)O)CC1)OCC1c2ccccc2-c2ccccc21. The molecule has 4 N–H and O–H groups in total. The van der Waals surface area contributed by atoms with E-state index in [-0.39, 0.29) is 32.1 Å². The Labute approximate surface area is 185 Å². The molecule has 0 saturated heterocycles. The number of alkyl carbamates (subject to hydrolysis) is 1. The lowest BCUT2D eigenvalue weighted by molar-refractivity contribution is -0.143. The smallest absolute Gasteiger partial charge is 0.407 e. The van der Waals surface area contributed by atoms with Crippen molar-refractivity contribution in [2.24, 2.45) is 5.41 Å². The minimum absolute atomic E-state index is 0.0545. The van der Waals surface area contributed by atoms with E-state index < -0.39 is 29.4 Å². The highest BCUT2D eigenvalue weighted by Crippen LogP contribution is 2.46. The van der Waals surface area contributed by atoms with Crippen LogP contribution in [0.3, 0.4) is 0 Å². The van der Waals surface area contributed by atoms with Gasteiger partial charge >= 0.3 is 12.1 Å². The lowest BCUT2D eigenvalue weighted by Gasteiger charge is -2.20. The van der Waals surface area contributed by atoms with Crippen molar-refractivity contribution in [3.05, 3.63) is 59.7 Å². The van der Waals surface area contributed by atoms with Crippen LogP contribution in [0.15, 0.2) is 48.5 Å². The molecule has 0 aromatic heterocycles. The molecular weight excluding hydrogens is 412 g/mol. The second-order valence-electron chi connectivity index (χ2n) is 8.34. The molecule has 2 aromatic carbocycles. The van der Waals surface area contributed by atoms with Crippen molar-refractivity contribution in [2.45, 2.75) is 31.2 Å². The van der Waals surface area contributed by atoms with E-state index in [0.29, 0.717) is 12.8 Å². The minimum atomic E-state index is -1.20. The van der Waals surface area contributed by atoms with Crippen LogP contribution in [0.4, 0.5) is 4.79 Å². The Morgan fingerprint density at radius 1 is 1.03 bits per heavy atom. The second kappa shape index (κ2) is 9.00. The molecule has 2 aliphatic rings. The quantitative estimate of drug-likeness (QED) is 0.476. The monoisotopic (exact) mass is 438 g/mol. The first kappa shape index (κ1) is 21.8. The summed E-state index contributed by atoms with van der Waals surface area (Å²) >= 11 is 0. The highest BCUT2D eigenvalue weighted by molar-refractivity contribution is 5.90. The second-order valence-corrected chi connectivity index (χ2v) is 8.34. The summed E-state index contributed by atoms with van der Waals surface area (Å²) in [4.78, 5) is 36.1. The number of ether oxygens (including phenoxy) is 1. The van der Waals surface area contributed by atoms with Gasteiger partial charge in [-0.15, -0.1) is 0 Å². The van der Waals surface area contributed by atoms with Gasteiger partial charge in [0, 0.05) is 25.5 Å². The fourth-order valence-corrected chi connectivity index (χ4v) is 4.22. The van der Waals surface area contributed by atoms with Gasteiger partial charge in [-0.25, -0.2) is 9.59 Å². The van der Waals surface area contributed by atoms with Crippen LogP contribution in [0.2, 0.25) is 0 Å². The Balaban J connectivity index is 1.32. The maximum absolute atomic E-state index is 12.5. The molecule has 1 fully saturated rings. The number of carbonyl (C=O) groups excluding carboxylic acids is 2. The average Bonchev–Trinajstić information content (AvgIpc) is 3.53. The highest BCUT2D eigenvalue weighted by Gasteiger charge is 2.50. The maximum atomic E-state index is 12.5. The number of carbonyl (C=O) groups is 3. The van der Waals surface area contributed by atoms with Gasteiger partial charge in [0.1, 0.15) is 12.6 Å². The molecule has 2 aromatic rings. The molecule has 0 spiro atoms. The molecule has 1 saturated carbocycles. The van der Waals surface area contributed by atoms with Crippen LogP contribution < -0.4 is 10.6 Å². The molecule has 1 atom stereocenters.